The highest BCUT2D eigenvalue weighted by atomic mass is 32.2. The standard InChI is InChI=1S/C24H27F2N3O5S/c1-14(17-11-19(25)22(20(26)12-17)29-35(2,31)32)27-23(30)21-13-33-24(28-21)34-18-9-5-8-16(10-18)15-6-3-4-7-15/h5,8-12,14-15,21,29H,3-4,6-7,13H2,1-2H3,(H,27,30)/t14-,21?/m1/s1. The molecule has 188 valence electrons. The third-order valence-corrected chi connectivity index (χ3v) is 6.60. The monoisotopic (exact) mass is 507 g/mol. The Labute approximate surface area is 202 Å². The molecule has 0 spiro atoms. The number of nitrogens with one attached hydrogen (secondary N) is 2. The van der Waals surface area contributed by atoms with Gasteiger partial charge < -0.3 is 14.8 Å². The Morgan fingerprint density at radius 3 is 2.51 bits per heavy atom. The first kappa shape index (κ1) is 24.9. The molecular weight excluding hydrogens is 480 g/mol. The predicted octanol–water partition coefficient (Wildman–Crippen LogP) is 4.00. The van der Waals surface area contributed by atoms with Crippen LogP contribution >= 0.6 is 0 Å². The maximum Gasteiger partial charge on any atom is 0.390 e. The van der Waals surface area contributed by atoms with E-state index in [0.29, 0.717) is 11.7 Å². The minimum Gasteiger partial charge on any atom is -0.448 e. The molecule has 0 bridgehead atoms. The minimum atomic E-state index is -3.86. The van der Waals surface area contributed by atoms with Crippen molar-refractivity contribution in [3.63, 3.8) is 0 Å². The molecule has 8 nitrogen and oxygen atoms in total. The zero-order valence-corrected chi connectivity index (χ0v) is 20.2. The number of hydrogen-bond acceptors (Lipinski definition) is 6. The van der Waals surface area contributed by atoms with Gasteiger partial charge in [-0.2, -0.15) is 4.99 Å². The summed E-state index contributed by atoms with van der Waals surface area (Å²) in [5, 5.41) is 2.64. The molecule has 4 rings (SSSR count). The van der Waals surface area contributed by atoms with Gasteiger partial charge in [-0.15, -0.1) is 0 Å². The first-order valence-corrected chi connectivity index (χ1v) is 13.2. The van der Waals surface area contributed by atoms with Crippen LogP contribution in [0.4, 0.5) is 14.5 Å². The third kappa shape index (κ3) is 6.27. The Bertz CT molecular complexity index is 1220. The SMILES string of the molecule is C[C@@H](NC(=O)C1COC(Oc2cccc(C3CCCC3)c2)=N1)c1cc(F)c(NS(C)(=O)=O)c(F)c1. The highest BCUT2D eigenvalue weighted by Gasteiger charge is 2.29. The van der Waals surface area contributed by atoms with Crippen LogP contribution in [-0.2, 0) is 19.6 Å². The Balaban J connectivity index is 1.38. The Morgan fingerprint density at radius 1 is 1.17 bits per heavy atom. The first-order valence-electron chi connectivity index (χ1n) is 11.3. The second-order valence-electron chi connectivity index (χ2n) is 8.84. The molecule has 1 aliphatic heterocycles. The van der Waals surface area contributed by atoms with Gasteiger partial charge in [0, 0.05) is 0 Å². The number of benzene rings is 2. The Hall–Kier alpha value is -3.21. The van der Waals surface area contributed by atoms with Gasteiger partial charge in [0.1, 0.15) is 18.0 Å². The molecule has 1 amide bonds. The maximum atomic E-state index is 14.3. The zero-order chi connectivity index (χ0) is 25.2. The zero-order valence-electron chi connectivity index (χ0n) is 19.4. The molecule has 2 aliphatic rings. The fourth-order valence-electron chi connectivity index (χ4n) is 4.25. The van der Waals surface area contributed by atoms with Gasteiger partial charge in [-0.3, -0.25) is 9.52 Å². The van der Waals surface area contributed by atoms with E-state index < -0.39 is 45.3 Å². The van der Waals surface area contributed by atoms with E-state index in [2.05, 4.69) is 16.4 Å². The van der Waals surface area contributed by atoms with E-state index in [9.17, 15) is 22.0 Å². The molecule has 2 aromatic carbocycles. The number of carbonyl (C=O) groups excluding carboxylic acids is 1. The van der Waals surface area contributed by atoms with E-state index in [4.69, 9.17) is 9.47 Å². The molecule has 11 heteroatoms. The quantitative estimate of drug-likeness (QED) is 0.589. The molecule has 2 atom stereocenters. The smallest absolute Gasteiger partial charge is 0.390 e. The second-order valence-corrected chi connectivity index (χ2v) is 10.6. The summed E-state index contributed by atoms with van der Waals surface area (Å²) < 4.78 is 64.1. The van der Waals surface area contributed by atoms with E-state index in [1.807, 2.05) is 12.1 Å². The number of ether oxygens (including phenoxy) is 2. The van der Waals surface area contributed by atoms with E-state index >= 15 is 0 Å². The van der Waals surface area contributed by atoms with Crippen LogP contribution in [0.1, 0.15) is 55.7 Å². The summed E-state index contributed by atoms with van der Waals surface area (Å²) in [7, 11) is -3.86. The van der Waals surface area contributed by atoms with Gasteiger partial charge in [0.25, 0.3) is 0 Å². The molecule has 2 aromatic rings. The van der Waals surface area contributed by atoms with Crippen LogP contribution in [0.2, 0.25) is 0 Å². The van der Waals surface area contributed by atoms with Crippen molar-refractivity contribution in [1.29, 1.82) is 0 Å². The van der Waals surface area contributed by atoms with Crippen LogP contribution < -0.4 is 14.8 Å². The van der Waals surface area contributed by atoms with Gasteiger partial charge in [-0.05, 0) is 61.1 Å². The summed E-state index contributed by atoms with van der Waals surface area (Å²) in [6.07, 6.45) is 5.54. The largest absolute Gasteiger partial charge is 0.448 e. The number of halogens is 2. The van der Waals surface area contributed by atoms with Gasteiger partial charge in [-0.25, -0.2) is 17.2 Å². The molecule has 2 N–H and O–H groups in total. The van der Waals surface area contributed by atoms with Gasteiger partial charge in [-0.1, -0.05) is 25.0 Å². The lowest BCUT2D eigenvalue weighted by Crippen LogP contribution is -2.36. The summed E-state index contributed by atoms with van der Waals surface area (Å²) >= 11 is 0. The lowest BCUT2D eigenvalue weighted by atomic mass is 9.98. The second kappa shape index (κ2) is 10.2. The van der Waals surface area contributed by atoms with Crippen molar-refractivity contribution in [2.45, 2.75) is 50.6 Å². The molecule has 0 radical (unpaired) electrons. The van der Waals surface area contributed by atoms with Crippen LogP contribution in [0.5, 0.6) is 5.75 Å². The predicted molar refractivity (Wildman–Crippen MR) is 127 cm³/mol. The fraction of sp³-hybridized carbons (Fsp3) is 0.417. The van der Waals surface area contributed by atoms with E-state index in [1.54, 1.807) is 17.7 Å². The van der Waals surface area contributed by atoms with Crippen LogP contribution in [0, 0.1) is 11.6 Å². The van der Waals surface area contributed by atoms with Gasteiger partial charge >= 0.3 is 6.08 Å². The van der Waals surface area contributed by atoms with Crippen LogP contribution in [0.15, 0.2) is 41.4 Å². The highest BCUT2D eigenvalue weighted by Crippen LogP contribution is 2.35. The minimum absolute atomic E-state index is 0.0188. The summed E-state index contributed by atoms with van der Waals surface area (Å²) in [5.74, 6) is -1.59. The molecule has 0 saturated heterocycles. The lowest BCUT2D eigenvalue weighted by Gasteiger charge is -2.17. The average Bonchev–Trinajstić information content (AvgIpc) is 3.48. The summed E-state index contributed by atoms with van der Waals surface area (Å²) in [6, 6.07) is 8.01. The third-order valence-electron chi connectivity index (χ3n) is 6.03. The maximum absolute atomic E-state index is 14.3. The molecule has 1 saturated carbocycles. The van der Waals surface area contributed by atoms with E-state index in [0.717, 1.165) is 31.2 Å². The van der Waals surface area contributed by atoms with Crippen molar-refractivity contribution in [3.05, 3.63) is 59.2 Å². The molecule has 35 heavy (non-hydrogen) atoms. The van der Waals surface area contributed by atoms with Crippen LogP contribution in [0.25, 0.3) is 0 Å². The van der Waals surface area contributed by atoms with Gasteiger partial charge in [0.05, 0.1) is 12.3 Å². The summed E-state index contributed by atoms with van der Waals surface area (Å²) in [5.41, 5.74) is 0.553. The van der Waals surface area contributed by atoms with Crippen molar-refractivity contribution < 1.29 is 31.5 Å². The van der Waals surface area contributed by atoms with E-state index in [1.165, 1.54) is 18.4 Å². The molecule has 1 aliphatic carbocycles. The molecule has 1 unspecified atom stereocenters. The average molecular weight is 508 g/mol. The van der Waals surface area contributed by atoms with Gasteiger partial charge in [0.15, 0.2) is 17.7 Å². The number of amides is 1. The lowest BCUT2D eigenvalue weighted by molar-refractivity contribution is -0.123. The molecule has 1 heterocycles. The summed E-state index contributed by atoms with van der Waals surface area (Å²) in [6.45, 7) is 1.51. The van der Waals surface area contributed by atoms with Crippen molar-refractivity contribution in [3.8, 4) is 5.75 Å². The number of sulfonamides is 1. The number of anilines is 1. The van der Waals surface area contributed by atoms with Crippen molar-refractivity contribution in [2.24, 2.45) is 4.99 Å². The Morgan fingerprint density at radius 2 is 1.86 bits per heavy atom. The fourth-order valence-corrected chi connectivity index (χ4v) is 4.82. The van der Waals surface area contributed by atoms with Crippen molar-refractivity contribution in [2.75, 3.05) is 17.6 Å². The number of aliphatic imine (C=N–C) groups is 1. The molecular formula is C24H27F2N3O5S. The Kier molecular flexibility index (Phi) is 7.25. The number of nitrogens with zero attached hydrogens (tertiary/aromatic N) is 1. The van der Waals surface area contributed by atoms with E-state index in [-0.39, 0.29) is 18.3 Å². The number of carbonyl (C=O) groups is 1. The molecule has 0 aromatic heterocycles. The highest BCUT2D eigenvalue weighted by molar-refractivity contribution is 7.92. The van der Waals surface area contributed by atoms with Gasteiger partial charge in [0.2, 0.25) is 15.9 Å². The summed E-state index contributed by atoms with van der Waals surface area (Å²) in [4.78, 5) is 16.8. The number of rotatable bonds is 7. The molecule has 1 fully saturated rings. The first-order chi connectivity index (χ1) is 16.6. The van der Waals surface area contributed by atoms with Crippen LogP contribution in [0.3, 0.4) is 0 Å². The normalized spacial score (nSPS) is 19.1. The van der Waals surface area contributed by atoms with Crippen LogP contribution in [-0.4, -0.2) is 39.3 Å². The number of hydrogen-bond donors (Lipinski definition) is 2. The van der Waals surface area contributed by atoms with Crippen molar-refractivity contribution >= 4 is 27.7 Å². The van der Waals surface area contributed by atoms with Crippen molar-refractivity contribution in [1.82, 2.24) is 5.32 Å². The topological polar surface area (TPSA) is 106 Å².